The van der Waals surface area contributed by atoms with E-state index in [9.17, 15) is 5.26 Å². The number of nitrogens with zero attached hydrogens (tertiary/aromatic N) is 5. The van der Waals surface area contributed by atoms with Gasteiger partial charge in [0.1, 0.15) is 0 Å². The molecule has 7 aromatic carbocycles. The van der Waals surface area contributed by atoms with Gasteiger partial charge >= 0.3 is 0 Å². The first-order valence-electron chi connectivity index (χ1n) is 16.2. The fourth-order valence-corrected chi connectivity index (χ4v) is 7.39. The lowest BCUT2D eigenvalue weighted by molar-refractivity contribution is 1.18. The molecule has 5 heteroatoms. The third-order valence-corrected chi connectivity index (χ3v) is 9.61. The van der Waals surface area contributed by atoms with Gasteiger partial charge < -0.3 is 9.13 Å². The van der Waals surface area contributed by atoms with E-state index in [0.29, 0.717) is 16.9 Å². The average molecular weight is 636 g/mol. The van der Waals surface area contributed by atoms with Crippen molar-refractivity contribution >= 4 is 55.0 Å². The summed E-state index contributed by atoms with van der Waals surface area (Å²) in [6.45, 7) is 16.0. The van der Waals surface area contributed by atoms with Crippen LogP contribution in [0.2, 0.25) is 0 Å². The highest BCUT2D eigenvalue weighted by Gasteiger charge is 2.19. The van der Waals surface area contributed by atoms with Crippen LogP contribution >= 0.6 is 0 Å². The van der Waals surface area contributed by atoms with E-state index in [1.807, 2.05) is 78.9 Å². The molecule has 5 nitrogen and oxygen atoms in total. The van der Waals surface area contributed by atoms with Crippen LogP contribution in [0.5, 0.6) is 0 Å². The molecule has 2 heterocycles. The van der Waals surface area contributed by atoms with Crippen molar-refractivity contribution in [3.8, 4) is 39.7 Å². The Balaban J connectivity index is 1.20. The second kappa shape index (κ2) is 11.4. The molecule has 230 valence electrons. The maximum Gasteiger partial charge on any atom is 0.211 e. The summed E-state index contributed by atoms with van der Waals surface area (Å²) in [5.74, 6) is 0. The van der Waals surface area contributed by atoms with Crippen molar-refractivity contribution in [1.29, 1.82) is 5.26 Å². The molecule has 0 aliphatic heterocycles. The minimum atomic E-state index is 0.572. The third-order valence-electron chi connectivity index (χ3n) is 9.61. The molecule has 0 saturated heterocycles. The molecule has 0 atom stereocenters. The van der Waals surface area contributed by atoms with Crippen molar-refractivity contribution < 1.29 is 0 Å². The van der Waals surface area contributed by atoms with Crippen molar-refractivity contribution in [3.05, 3.63) is 180 Å². The Morgan fingerprint density at radius 1 is 0.480 bits per heavy atom. The van der Waals surface area contributed by atoms with Gasteiger partial charge in [-0.05, 0) is 76.2 Å². The standard InChI is InChI=1S/C45H25N5/c1-47-39-24-21-31(30-19-22-32(23-20-30)49-41-15-6-3-10-33(41)36-13-9-14-40(48-2)45(36)49)27-37(39)34-11-4-7-16-42(34)50-43-17-8-5-12-35(43)38-26-29(28-46)18-25-44(38)50/h3-27H. The summed E-state index contributed by atoms with van der Waals surface area (Å²) in [6.07, 6.45) is 0. The molecular formula is C45H25N5. The van der Waals surface area contributed by atoms with Gasteiger partial charge in [0.2, 0.25) is 5.69 Å². The molecule has 50 heavy (non-hydrogen) atoms. The number of benzene rings is 7. The first-order valence-corrected chi connectivity index (χ1v) is 16.2. The number of hydrogen-bond acceptors (Lipinski definition) is 1. The Bertz CT molecular complexity index is 2960. The zero-order valence-electron chi connectivity index (χ0n) is 26.7. The van der Waals surface area contributed by atoms with Gasteiger partial charge in [-0.3, -0.25) is 0 Å². The number of nitriles is 1. The Labute approximate surface area is 288 Å². The molecule has 0 amide bonds. The predicted molar refractivity (Wildman–Crippen MR) is 203 cm³/mol. The van der Waals surface area contributed by atoms with Crippen LogP contribution in [0.15, 0.2) is 152 Å². The minimum Gasteiger partial charge on any atom is -0.319 e. The summed E-state index contributed by atoms with van der Waals surface area (Å²) in [4.78, 5) is 7.81. The van der Waals surface area contributed by atoms with Gasteiger partial charge in [-0.2, -0.15) is 5.26 Å². The summed E-state index contributed by atoms with van der Waals surface area (Å²) < 4.78 is 4.41. The minimum absolute atomic E-state index is 0.572. The van der Waals surface area contributed by atoms with E-state index in [1.165, 1.54) is 0 Å². The zero-order chi connectivity index (χ0) is 33.8. The molecular weight excluding hydrogens is 611 g/mol. The lowest BCUT2D eigenvalue weighted by Gasteiger charge is -2.16. The monoisotopic (exact) mass is 635 g/mol. The molecule has 0 unspecified atom stereocenters. The van der Waals surface area contributed by atoms with Gasteiger partial charge in [-0.25, -0.2) is 9.69 Å². The fraction of sp³-hybridized carbons (Fsp3) is 0. The highest BCUT2D eigenvalue weighted by atomic mass is 15.0. The van der Waals surface area contributed by atoms with Crippen molar-refractivity contribution in [2.45, 2.75) is 0 Å². The molecule has 9 rings (SSSR count). The average Bonchev–Trinajstić information content (AvgIpc) is 3.70. The Morgan fingerprint density at radius 2 is 1.12 bits per heavy atom. The summed E-state index contributed by atoms with van der Waals surface area (Å²) in [6, 6.07) is 53.2. The normalized spacial score (nSPS) is 11.1. The van der Waals surface area contributed by atoms with Crippen molar-refractivity contribution in [1.82, 2.24) is 9.13 Å². The number of rotatable bonds is 4. The molecule has 2 aromatic heterocycles. The second-order valence-electron chi connectivity index (χ2n) is 12.2. The van der Waals surface area contributed by atoms with Gasteiger partial charge in [0.05, 0.1) is 52.5 Å². The number of hydrogen-bond donors (Lipinski definition) is 0. The molecule has 0 N–H and O–H groups in total. The second-order valence-corrected chi connectivity index (χ2v) is 12.2. The zero-order valence-corrected chi connectivity index (χ0v) is 26.7. The highest BCUT2D eigenvalue weighted by Crippen LogP contribution is 2.42. The number of fused-ring (bicyclic) bond motifs is 6. The van der Waals surface area contributed by atoms with Crippen molar-refractivity contribution in [3.63, 3.8) is 0 Å². The molecule has 0 aliphatic carbocycles. The first-order chi connectivity index (χ1) is 24.7. The van der Waals surface area contributed by atoms with Crippen molar-refractivity contribution in [2.24, 2.45) is 0 Å². The van der Waals surface area contributed by atoms with E-state index in [2.05, 4.69) is 97.7 Å². The first kappa shape index (κ1) is 28.8. The highest BCUT2D eigenvalue weighted by molar-refractivity contribution is 6.13. The van der Waals surface area contributed by atoms with Gasteiger partial charge in [0, 0.05) is 21.8 Å². The molecule has 0 radical (unpaired) electrons. The van der Waals surface area contributed by atoms with Gasteiger partial charge in [0.15, 0.2) is 5.69 Å². The number of aromatic nitrogens is 2. The lowest BCUT2D eigenvalue weighted by atomic mass is 9.96. The van der Waals surface area contributed by atoms with Crippen LogP contribution in [0.25, 0.3) is 86.9 Å². The van der Waals surface area contributed by atoms with E-state index in [1.54, 1.807) is 0 Å². The molecule has 0 saturated carbocycles. The Kier molecular flexibility index (Phi) is 6.56. The van der Waals surface area contributed by atoms with E-state index in [0.717, 1.165) is 77.2 Å². The molecule has 0 bridgehead atoms. The van der Waals surface area contributed by atoms with Crippen LogP contribution in [-0.2, 0) is 0 Å². The maximum absolute atomic E-state index is 9.64. The molecule has 0 aliphatic rings. The summed E-state index contributed by atoms with van der Waals surface area (Å²) in [7, 11) is 0. The maximum atomic E-state index is 9.64. The summed E-state index contributed by atoms with van der Waals surface area (Å²) in [5, 5.41) is 13.9. The molecule has 9 aromatic rings. The quantitative estimate of drug-likeness (QED) is 0.177. The van der Waals surface area contributed by atoms with Crippen LogP contribution in [-0.4, -0.2) is 9.13 Å². The Morgan fingerprint density at radius 3 is 1.88 bits per heavy atom. The Hall–Kier alpha value is -7.39. The smallest absolute Gasteiger partial charge is 0.211 e. The SMILES string of the molecule is [C-]#[N+]c1ccc(-c2ccc(-n3c4ccccc4c4cccc([N+]#[C-])c43)cc2)cc1-c1ccccc1-n1c2ccccc2c2cc(C#N)ccc21. The van der Waals surface area contributed by atoms with Gasteiger partial charge in [-0.15, -0.1) is 0 Å². The summed E-state index contributed by atoms with van der Waals surface area (Å²) >= 11 is 0. The van der Waals surface area contributed by atoms with E-state index >= 15 is 0 Å². The van der Waals surface area contributed by atoms with Crippen LogP contribution < -0.4 is 0 Å². The van der Waals surface area contributed by atoms with E-state index < -0.39 is 0 Å². The van der Waals surface area contributed by atoms with Crippen molar-refractivity contribution in [2.75, 3.05) is 0 Å². The largest absolute Gasteiger partial charge is 0.319 e. The van der Waals surface area contributed by atoms with Gasteiger partial charge in [-0.1, -0.05) is 103 Å². The van der Waals surface area contributed by atoms with Gasteiger partial charge in [0.25, 0.3) is 0 Å². The van der Waals surface area contributed by atoms with E-state index in [-0.39, 0.29) is 0 Å². The summed E-state index contributed by atoms with van der Waals surface area (Å²) in [5.41, 5.74) is 11.6. The predicted octanol–water partition coefficient (Wildman–Crippen LogP) is 12.2. The molecule has 0 fully saturated rings. The number of para-hydroxylation sites is 4. The lowest BCUT2D eigenvalue weighted by Crippen LogP contribution is -1.97. The fourth-order valence-electron chi connectivity index (χ4n) is 7.39. The molecule has 0 spiro atoms. The van der Waals surface area contributed by atoms with Crippen LogP contribution in [0.1, 0.15) is 5.56 Å². The topological polar surface area (TPSA) is 42.4 Å². The van der Waals surface area contributed by atoms with Crippen LogP contribution in [0, 0.1) is 24.5 Å². The van der Waals surface area contributed by atoms with Crippen LogP contribution in [0.4, 0.5) is 11.4 Å². The van der Waals surface area contributed by atoms with E-state index in [4.69, 9.17) is 13.1 Å². The third kappa shape index (κ3) is 4.31. The van der Waals surface area contributed by atoms with Crippen LogP contribution in [0.3, 0.4) is 0 Å².